The van der Waals surface area contributed by atoms with Gasteiger partial charge in [-0.15, -0.1) is 10.2 Å². The number of aromatic nitrogens is 2. The van der Waals surface area contributed by atoms with E-state index < -0.39 is 23.0 Å². The summed E-state index contributed by atoms with van der Waals surface area (Å²) >= 11 is 2.35. The fourth-order valence-corrected chi connectivity index (χ4v) is 3.37. The average molecular weight is 355 g/mol. The monoisotopic (exact) mass is 355 g/mol. The predicted molar refractivity (Wildman–Crippen MR) is 87.5 cm³/mol. The number of nitrogens with zero attached hydrogens (tertiary/aromatic N) is 2. The van der Waals surface area contributed by atoms with Crippen LogP contribution in [0.3, 0.4) is 0 Å². The zero-order chi connectivity index (χ0) is 16.8. The van der Waals surface area contributed by atoms with E-state index in [1.54, 1.807) is 25.1 Å². The molecule has 2 aromatic rings. The molecule has 1 aromatic carbocycles. The standard InChI is InChI=1S/C13H14FN5O2S2/c1-7(10(20)17-11(21)15-2)22-13-19-18-12(23-13)16-9-6-4-3-5-8(9)14/h3-7H,1-2H3,(H,16,18)(H2,15,17,20,21). The molecule has 0 fully saturated rings. The number of thioether (sulfide) groups is 1. The van der Waals surface area contributed by atoms with Gasteiger partial charge in [0, 0.05) is 7.05 Å². The number of carbonyl (C=O) groups is 2. The lowest BCUT2D eigenvalue weighted by atomic mass is 10.3. The van der Waals surface area contributed by atoms with Crippen LogP contribution in [0.2, 0.25) is 0 Å². The fourth-order valence-electron chi connectivity index (χ4n) is 1.47. The minimum Gasteiger partial charge on any atom is -0.341 e. The van der Waals surface area contributed by atoms with Crippen LogP contribution in [0.25, 0.3) is 0 Å². The second kappa shape index (κ2) is 7.88. The zero-order valence-corrected chi connectivity index (χ0v) is 13.9. The molecule has 0 aliphatic carbocycles. The van der Waals surface area contributed by atoms with Crippen molar-refractivity contribution in [3.8, 4) is 0 Å². The van der Waals surface area contributed by atoms with Gasteiger partial charge in [0.2, 0.25) is 11.0 Å². The van der Waals surface area contributed by atoms with Crippen molar-refractivity contribution in [2.75, 3.05) is 12.4 Å². The topological polar surface area (TPSA) is 96.0 Å². The number of amides is 3. The van der Waals surface area contributed by atoms with Crippen LogP contribution in [-0.2, 0) is 4.79 Å². The molecule has 2 rings (SSSR count). The molecule has 3 N–H and O–H groups in total. The lowest BCUT2D eigenvalue weighted by Crippen LogP contribution is -2.41. The van der Waals surface area contributed by atoms with Crippen molar-refractivity contribution in [1.82, 2.24) is 20.8 Å². The minimum atomic E-state index is -0.568. The number of para-hydroxylation sites is 1. The van der Waals surface area contributed by atoms with E-state index in [-0.39, 0.29) is 0 Å². The molecule has 0 aliphatic rings. The van der Waals surface area contributed by atoms with Crippen LogP contribution in [0, 0.1) is 5.82 Å². The van der Waals surface area contributed by atoms with Crippen LogP contribution in [0.15, 0.2) is 28.6 Å². The number of halogens is 1. The quantitative estimate of drug-likeness (QED) is 0.713. The first-order valence-corrected chi connectivity index (χ1v) is 8.23. The molecule has 3 amide bonds. The molecule has 10 heteroatoms. The van der Waals surface area contributed by atoms with Gasteiger partial charge in [-0.2, -0.15) is 0 Å². The van der Waals surface area contributed by atoms with Gasteiger partial charge < -0.3 is 10.6 Å². The van der Waals surface area contributed by atoms with Crippen LogP contribution in [0.4, 0.5) is 20.0 Å². The summed E-state index contributed by atoms with van der Waals surface area (Å²) in [6.45, 7) is 1.65. The summed E-state index contributed by atoms with van der Waals surface area (Å²) in [6.07, 6.45) is 0. The molecule has 0 radical (unpaired) electrons. The third-order valence-corrected chi connectivity index (χ3v) is 4.66. The summed E-state index contributed by atoms with van der Waals surface area (Å²) < 4.78 is 14.1. The van der Waals surface area contributed by atoms with Gasteiger partial charge in [0.1, 0.15) is 5.82 Å². The first-order valence-electron chi connectivity index (χ1n) is 6.54. The zero-order valence-electron chi connectivity index (χ0n) is 12.3. The first-order chi connectivity index (χ1) is 11.0. The van der Waals surface area contributed by atoms with Gasteiger partial charge in [-0.3, -0.25) is 10.1 Å². The highest BCUT2D eigenvalue weighted by atomic mass is 32.2. The van der Waals surface area contributed by atoms with Crippen LogP contribution in [0.5, 0.6) is 0 Å². The first kappa shape index (κ1) is 17.2. The second-order valence-corrected chi connectivity index (χ2v) is 6.87. The highest BCUT2D eigenvalue weighted by Crippen LogP contribution is 2.30. The maximum absolute atomic E-state index is 13.6. The third kappa shape index (κ3) is 4.89. The Balaban J connectivity index is 1.95. The smallest absolute Gasteiger partial charge is 0.321 e. The highest BCUT2D eigenvalue weighted by Gasteiger charge is 2.19. The van der Waals surface area contributed by atoms with Gasteiger partial charge in [-0.25, -0.2) is 9.18 Å². The Morgan fingerprint density at radius 1 is 1.30 bits per heavy atom. The molecule has 0 saturated heterocycles. The van der Waals surface area contributed by atoms with Crippen molar-refractivity contribution in [2.24, 2.45) is 0 Å². The lowest BCUT2D eigenvalue weighted by molar-refractivity contribution is -0.119. The number of rotatable bonds is 5. The minimum absolute atomic E-state index is 0.297. The van der Waals surface area contributed by atoms with Gasteiger partial charge in [0.15, 0.2) is 4.34 Å². The van der Waals surface area contributed by atoms with Crippen molar-refractivity contribution in [2.45, 2.75) is 16.5 Å². The largest absolute Gasteiger partial charge is 0.341 e. The Hall–Kier alpha value is -2.20. The summed E-state index contributed by atoms with van der Waals surface area (Å²) in [5.74, 6) is -0.830. The maximum Gasteiger partial charge on any atom is 0.321 e. The Labute approximate surface area is 140 Å². The van der Waals surface area contributed by atoms with Crippen LogP contribution in [0.1, 0.15) is 6.92 Å². The van der Waals surface area contributed by atoms with Gasteiger partial charge in [0.25, 0.3) is 0 Å². The van der Waals surface area contributed by atoms with Crippen molar-refractivity contribution in [3.05, 3.63) is 30.1 Å². The lowest BCUT2D eigenvalue weighted by Gasteiger charge is -2.08. The normalized spacial score (nSPS) is 11.6. The van der Waals surface area contributed by atoms with E-state index in [9.17, 15) is 14.0 Å². The number of benzene rings is 1. The molecule has 0 bridgehead atoms. The van der Waals surface area contributed by atoms with Crippen molar-refractivity contribution in [1.29, 1.82) is 0 Å². The van der Waals surface area contributed by atoms with Crippen LogP contribution in [-0.4, -0.2) is 34.4 Å². The summed E-state index contributed by atoms with van der Waals surface area (Å²) in [5, 5.41) is 15.0. The van der Waals surface area contributed by atoms with Crippen molar-refractivity contribution in [3.63, 3.8) is 0 Å². The summed E-state index contributed by atoms with van der Waals surface area (Å²) in [6, 6.07) is 5.65. The second-order valence-electron chi connectivity index (χ2n) is 4.31. The SMILES string of the molecule is CNC(=O)NC(=O)C(C)Sc1nnc(Nc2ccccc2F)s1. The maximum atomic E-state index is 13.6. The number of nitrogens with one attached hydrogen (secondary N) is 3. The molecule has 0 saturated carbocycles. The molecule has 7 nitrogen and oxygen atoms in total. The van der Waals surface area contributed by atoms with Crippen molar-refractivity contribution < 1.29 is 14.0 Å². The Morgan fingerprint density at radius 2 is 2.04 bits per heavy atom. The molecule has 0 aliphatic heterocycles. The number of urea groups is 1. The molecule has 0 spiro atoms. The average Bonchev–Trinajstić information content (AvgIpc) is 2.96. The summed E-state index contributed by atoms with van der Waals surface area (Å²) in [7, 11) is 1.42. The van der Waals surface area contributed by atoms with E-state index in [4.69, 9.17) is 0 Å². The number of hydrogen-bond donors (Lipinski definition) is 3. The van der Waals surface area contributed by atoms with E-state index in [0.29, 0.717) is 15.2 Å². The van der Waals surface area contributed by atoms with Gasteiger partial charge in [0.05, 0.1) is 10.9 Å². The van der Waals surface area contributed by atoms with Gasteiger partial charge in [-0.1, -0.05) is 35.2 Å². The number of hydrogen-bond acceptors (Lipinski definition) is 7. The van der Waals surface area contributed by atoms with E-state index in [1.165, 1.54) is 24.5 Å². The molecule has 122 valence electrons. The molecule has 1 aromatic heterocycles. The molecular weight excluding hydrogens is 341 g/mol. The van der Waals surface area contributed by atoms with Gasteiger partial charge >= 0.3 is 6.03 Å². The summed E-state index contributed by atoms with van der Waals surface area (Å²) in [4.78, 5) is 22.9. The predicted octanol–water partition coefficient (Wildman–Crippen LogP) is 2.36. The number of carbonyl (C=O) groups excluding carboxylic acids is 2. The van der Waals surface area contributed by atoms with Crippen LogP contribution < -0.4 is 16.0 Å². The highest BCUT2D eigenvalue weighted by molar-refractivity contribution is 8.02. The van der Waals surface area contributed by atoms with E-state index in [0.717, 1.165) is 11.8 Å². The van der Waals surface area contributed by atoms with Gasteiger partial charge in [-0.05, 0) is 19.1 Å². The Bertz CT molecular complexity index is 709. The number of anilines is 2. The molecule has 1 unspecified atom stereocenters. The van der Waals surface area contributed by atoms with Crippen LogP contribution >= 0.6 is 23.1 Å². The molecule has 23 heavy (non-hydrogen) atoms. The molecular formula is C13H14FN5O2S2. The molecule has 1 heterocycles. The third-order valence-electron chi connectivity index (χ3n) is 2.63. The summed E-state index contributed by atoms with van der Waals surface area (Å²) in [5.41, 5.74) is 0.297. The van der Waals surface area contributed by atoms with Crippen molar-refractivity contribution >= 4 is 45.9 Å². The Morgan fingerprint density at radius 3 is 2.74 bits per heavy atom. The fraction of sp³-hybridized carbons (Fsp3) is 0.231. The van der Waals surface area contributed by atoms with E-state index in [2.05, 4.69) is 26.1 Å². The molecule has 1 atom stereocenters. The Kier molecular flexibility index (Phi) is 5.88. The number of imide groups is 1. The van der Waals surface area contributed by atoms with E-state index in [1.807, 2.05) is 0 Å². The van der Waals surface area contributed by atoms with E-state index >= 15 is 0 Å².